The number of aromatic nitrogens is 1. The van der Waals surface area contributed by atoms with E-state index >= 15 is 0 Å². The summed E-state index contributed by atoms with van der Waals surface area (Å²) in [5, 5.41) is 14.5. The maximum absolute atomic E-state index is 14.9. The largest absolute Gasteiger partial charge is 0.493 e. The monoisotopic (exact) mass is 584 g/mol. The number of nitrogens with zero attached hydrogens (tertiary/aromatic N) is 1. The fraction of sp³-hybridized carbons (Fsp3) is 0.182. The van der Waals surface area contributed by atoms with Gasteiger partial charge in [0.15, 0.2) is 5.13 Å². The number of halogens is 1. The van der Waals surface area contributed by atoms with Crippen molar-refractivity contribution in [2.24, 2.45) is 0 Å². The van der Waals surface area contributed by atoms with Crippen molar-refractivity contribution < 1.29 is 28.6 Å². The zero-order valence-electron chi connectivity index (χ0n) is 22.8. The van der Waals surface area contributed by atoms with Crippen LogP contribution in [0.2, 0.25) is 0 Å². The maximum Gasteiger partial charge on any atom is 0.408 e. The van der Waals surface area contributed by atoms with Crippen molar-refractivity contribution in [3.05, 3.63) is 119 Å². The van der Waals surface area contributed by atoms with E-state index in [0.717, 1.165) is 33.2 Å². The highest BCUT2D eigenvalue weighted by atomic mass is 32.1. The van der Waals surface area contributed by atoms with E-state index in [2.05, 4.69) is 10.3 Å². The molecule has 0 aliphatic heterocycles. The van der Waals surface area contributed by atoms with E-state index < -0.39 is 18.1 Å². The molecule has 1 unspecified atom stereocenters. The molecule has 1 amide bonds. The number of alkyl carbamates (subject to hydrolysis) is 1. The van der Waals surface area contributed by atoms with Crippen molar-refractivity contribution in [3.63, 3.8) is 0 Å². The molecule has 0 saturated heterocycles. The lowest BCUT2D eigenvalue weighted by Crippen LogP contribution is -2.42. The van der Waals surface area contributed by atoms with Crippen molar-refractivity contribution in [1.82, 2.24) is 10.3 Å². The summed E-state index contributed by atoms with van der Waals surface area (Å²) in [5.41, 5.74) is 2.71. The number of nitrogens with one attached hydrogen (secondary N) is 1. The molecule has 1 aromatic heterocycles. The Morgan fingerprint density at radius 1 is 0.929 bits per heavy atom. The van der Waals surface area contributed by atoms with Crippen LogP contribution in [0.15, 0.2) is 97.1 Å². The quantitative estimate of drug-likeness (QED) is 0.170. The summed E-state index contributed by atoms with van der Waals surface area (Å²) in [6.45, 7) is 2.11. The van der Waals surface area contributed by atoms with Crippen LogP contribution < -0.4 is 10.1 Å². The van der Waals surface area contributed by atoms with Gasteiger partial charge in [-0.1, -0.05) is 97.1 Å². The van der Waals surface area contributed by atoms with E-state index in [9.17, 15) is 19.1 Å². The highest BCUT2D eigenvalue weighted by molar-refractivity contribution is 7.13. The molecule has 2 atom stereocenters. The summed E-state index contributed by atoms with van der Waals surface area (Å²) in [4.78, 5) is 28.5. The Kier molecular flexibility index (Phi) is 9.08. The molecule has 0 bridgehead atoms. The Morgan fingerprint density at radius 3 is 2.38 bits per heavy atom. The number of thiazole rings is 1. The second-order valence-electron chi connectivity index (χ2n) is 9.90. The summed E-state index contributed by atoms with van der Waals surface area (Å²) in [7, 11) is 0. The normalized spacial score (nSPS) is 12.4. The molecule has 0 saturated carbocycles. The van der Waals surface area contributed by atoms with E-state index in [-0.39, 0.29) is 30.7 Å². The van der Waals surface area contributed by atoms with Crippen LogP contribution in [0.4, 0.5) is 9.18 Å². The van der Waals surface area contributed by atoms with Gasteiger partial charge < -0.3 is 19.9 Å². The minimum absolute atomic E-state index is 0.0407. The lowest BCUT2D eigenvalue weighted by molar-refractivity contribution is -0.139. The molecule has 2 N–H and O–H groups in total. The van der Waals surface area contributed by atoms with Crippen LogP contribution in [-0.2, 0) is 22.6 Å². The van der Waals surface area contributed by atoms with Gasteiger partial charge in [-0.3, -0.25) is 0 Å². The molecule has 0 spiro atoms. The number of fused-ring (bicyclic) bond motifs is 1. The Bertz CT molecular complexity index is 1670. The summed E-state index contributed by atoms with van der Waals surface area (Å²) in [6.07, 6.45) is -0.744. The molecule has 5 rings (SSSR count). The molecular weight excluding hydrogens is 555 g/mol. The van der Waals surface area contributed by atoms with Crippen molar-refractivity contribution in [1.29, 1.82) is 0 Å². The minimum atomic E-state index is -1.17. The van der Waals surface area contributed by atoms with E-state index in [0.29, 0.717) is 22.0 Å². The van der Waals surface area contributed by atoms with Gasteiger partial charge in [0.2, 0.25) is 0 Å². The van der Waals surface area contributed by atoms with Crippen LogP contribution in [0.5, 0.6) is 5.75 Å². The average Bonchev–Trinajstić information content (AvgIpc) is 3.41. The predicted molar refractivity (Wildman–Crippen MR) is 160 cm³/mol. The van der Waals surface area contributed by atoms with Gasteiger partial charge in [0.05, 0.1) is 12.3 Å². The number of hydrogen-bond donors (Lipinski definition) is 2. The molecule has 4 aromatic carbocycles. The molecule has 5 aromatic rings. The number of carboxylic acid groups (broad SMARTS) is 1. The maximum atomic E-state index is 14.9. The van der Waals surface area contributed by atoms with Gasteiger partial charge in [0, 0.05) is 17.9 Å². The summed E-state index contributed by atoms with van der Waals surface area (Å²) in [5.74, 6) is -0.912. The summed E-state index contributed by atoms with van der Waals surface area (Å²) < 4.78 is 25.9. The summed E-state index contributed by atoms with van der Waals surface area (Å²) in [6, 6.07) is 28.8. The number of amides is 1. The van der Waals surface area contributed by atoms with Gasteiger partial charge in [-0.05, 0) is 40.1 Å². The van der Waals surface area contributed by atoms with Crippen LogP contribution in [0.3, 0.4) is 0 Å². The number of carbonyl (C=O) groups is 2. The number of carboxylic acids is 1. The van der Waals surface area contributed by atoms with Crippen molar-refractivity contribution in [3.8, 4) is 16.3 Å². The molecule has 1 heterocycles. The topological polar surface area (TPSA) is 97.8 Å². The molecule has 0 aliphatic carbocycles. The van der Waals surface area contributed by atoms with E-state index in [1.165, 1.54) is 0 Å². The third-order valence-corrected chi connectivity index (χ3v) is 7.65. The second kappa shape index (κ2) is 13.3. The standard InChI is InChI=1S/C33H29FN2O5S/c1-21(29-30(34)42-31(36-29)26-14-13-24-9-5-6-10-25(24)18-26)19-40-27-15-11-22(12-16-27)17-28(32(37)38)35-33(39)41-20-23-7-3-2-4-8-23/h2-16,18,21,28H,17,19-20H2,1H3,(H,35,39)(H,37,38)/t21?,28-/m0/s1. The number of aliphatic carboxylic acids is 1. The smallest absolute Gasteiger partial charge is 0.408 e. The highest BCUT2D eigenvalue weighted by Crippen LogP contribution is 2.32. The number of carbonyl (C=O) groups excluding carboxylic acids is 1. The number of hydrogen-bond acceptors (Lipinski definition) is 6. The Labute approximate surface area is 246 Å². The van der Waals surface area contributed by atoms with Crippen LogP contribution in [0.1, 0.15) is 29.7 Å². The van der Waals surface area contributed by atoms with Crippen LogP contribution in [-0.4, -0.2) is 34.8 Å². The molecule has 0 fully saturated rings. The van der Waals surface area contributed by atoms with Gasteiger partial charge in [-0.25, -0.2) is 14.6 Å². The predicted octanol–water partition coefficient (Wildman–Crippen LogP) is 7.21. The van der Waals surface area contributed by atoms with E-state index in [1.54, 1.807) is 24.3 Å². The second-order valence-corrected chi connectivity index (χ2v) is 10.8. The number of benzene rings is 4. The van der Waals surface area contributed by atoms with Crippen LogP contribution in [0, 0.1) is 5.13 Å². The third-order valence-electron chi connectivity index (χ3n) is 6.74. The SMILES string of the molecule is CC(COc1ccc(C[C@H](NC(=O)OCc2ccccc2)C(=O)O)cc1)c1nc(-c2ccc3ccccc3c2)sc1F. The first kappa shape index (κ1) is 28.8. The number of ether oxygens (including phenoxy) is 2. The molecule has 214 valence electrons. The minimum Gasteiger partial charge on any atom is -0.493 e. The first-order valence-corrected chi connectivity index (χ1v) is 14.2. The fourth-order valence-electron chi connectivity index (χ4n) is 4.43. The van der Waals surface area contributed by atoms with Gasteiger partial charge in [0.1, 0.15) is 23.4 Å². The molecule has 0 aliphatic rings. The summed E-state index contributed by atoms with van der Waals surface area (Å²) >= 11 is 1.02. The lowest BCUT2D eigenvalue weighted by atomic mass is 10.1. The molecule has 0 radical (unpaired) electrons. The zero-order valence-corrected chi connectivity index (χ0v) is 23.6. The lowest BCUT2D eigenvalue weighted by Gasteiger charge is -2.15. The molecule has 7 nitrogen and oxygen atoms in total. The van der Waals surface area contributed by atoms with E-state index in [4.69, 9.17) is 9.47 Å². The van der Waals surface area contributed by atoms with E-state index in [1.807, 2.05) is 79.7 Å². The highest BCUT2D eigenvalue weighted by Gasteiger charge is 2.22. The average molecular weight is 585 g/mol. The third kappa shape index (κ3) is 7.30. The van der Waals surface area contributed by atoms with Crippen molar-refractivity contribution in [2.75, 3.05) is 6.61 Å². The number of rotatable bonds is 11. The Balaban J connectivity index is 1.14. The zero-order chi connectivity index (χ0) is 29.5. The van der Waals surface area contributed by atoms with Gasteiger partial charge in [0.25, 0.3) is 0 Å². The first-order chi connectivity index (χ1) is 20.4. The van der Waals surface area contributed by atoms with Crippen molar-refractivity contribution in [2.45, 2.75) is 31.9 Å². The molecular formula is C33H29FN2O5S. The fourth-order valence-corrected chi connectivity index (χ4v) is 5.34. The molecule has 42 heavy (non-hydrogen) atoms. The van der Waals surface area contributed by atoms with Crippen molar-refractivity contribution >= 4 is 34.2 Å². The van der Waals surface area contributed by atoms with Crippen LogP contribution >= 0.6 is 11.3 Å². The Morgan fingerprint density at radius 2 is 1.64 bits per heavy atom. The Hall–Kier alpha value is -4.76. The van der Waals surface area contributed by atoms with Gasteiger partial charge >= 0.3 is 12.1 Å². The van der Waals surface area contributed by atoms with Gasteiger partial charge in [-0.2, -0.15) is 4.39 Å². The van der Waals surface area contributed by atoms with Gasteiger partial charge in [-0.15, -0.1) is 0 Å². The first-order valence-electron chi connectivity index (χ1n) is 13.4. The molecule has 9 heteroatoms. The van der Waals surface area contributed by atoms with Crippen LogP contribution in [0.25, 0.3) is 21.3 Å².